The molecule has 0 aromatic heterocycles. The molecule has 1 saturated heterocycles. The summed E-state index contributed by atoms with van der Waals surface area (Å²) in [5.41, 5.74) is 0. The monoisotopic (exact) mass is 220 g/mol. The minimum atomic E-state index is -0.510. The number of amidine groups is 1. The summed E-state index contributed by atoms with van der Waals surface area (Å²) >= 11 is 0. The third-order valence-corrected chi connectivity index (χ3v) is 1.85. The third kappa shape index (κ3) is 2.88. The Morgan fingerprint density at radius 1 is 1.44 bits per heavy atom. The van der Waals surface area contributed by atoms with E-state index in [1.54, 1.807) is 0 Å². The fourth-order valence-corrected chi connectivity index (χ4v) is 1.13. The van der Waals surface area contributed by atoms with E-state index in [-0.39, 0.29) is 18.9 Å². The molecule has 16 heavy (non-hydrogen) atoms. The number of urea groups is 1. The summed E-state index contributed by atoms with van der Waals surface area (Å²) in [6.45, 7) is 7.25. The number of imide groups is 1. The number of carbonyl (C=O) groups is 2. The van der Waals surface area contributed by atoms with Crippen LogP contribution in [0.5, 0.6) is 0 Å². The van der Waals surface area contributed by atoms with Gasteiger partial charge in [0.1, 0.15) is 0 Å². The van der Waals surface area contributed by atoms with Gasteiger partial charge in [0.25, 0.3) is 0 Å². The van der Waals surface area contributed by atoms with Crippen molar-refractivity contribution in [2.45, 2.75) is 6.42 Å². The first-order valence-electron chi connectivity index (χ1n) is 4.65. The second-order valence-electron chi connectivity index (χ2n) is 2.92. The van der Waals surface area contributed by atoms with Crippen LogP contribution in [0.4, 0.5) is 4.79 Å². The summed E-state index contributed by atoms with van der Waals surface area (Å²) in [5, 5.41) is 9.62. The Labute approximate surface area is 93.0 Å². The van der Waals surface area contributed by atoms with E-state index in [2.05, 4.69) is 28.7 Å². The molecule has 0 aromatic carbocycles. The lowest BCUT2D eigenvalue weighted by Crippen LogP contribution is -2.51. The molecule has 1 aliphatic rings. The lowest BCUT2D eigenvalue weighted by atomic mass is 10.3. The molecule has 1 heterocycles. The molecule has 1 aliphatic heterocycles. The quantitative estimate of drug-likeness (QED) is 0.431. The number of amides is 3. The minimum Gasteiger partial charge on any atom is -0.278 e. The normalized spacial score (nSPS) is 17.5. The highest BCUT2D eigenvalue weighted by Gasteiger charge is 2.25. The van der Waals surface area contributed by atoms with E-state index in [0.29, 0.717) is 5.84 Å². The Bertz CT molecular complexity index is 384. The molecule has 0 aliphatic carbocycles. The zero-order valence-corrected chi connectivity index (χ0v) is 8.72. The van der Waals surface area contributed by atoms with Gasteiger partial charge in [-0.15, -0.1) is 5.10 Å². The molecule has 0 unspecified atom stereocenters. The van der Waals surface area contributed by atoms with E-state index < -0.39 is 6.03 Å². The number of nitrogens with zero attached hydrogens (tertiary/aromatic N) is 3. The van der Waals surface area contributed by atoms with Gasteiger partial charge < -0.3 is 0 Å². The molecule has 0 bridgehead atoms. The van der Waals surface area contributed by atoms with Crippen LogP contribution in [0.3, 0.4) is 0 Å². The van der Waals surface area contributed by atoms with Crippen LogP contribution in [0.2, 0.25) is 0 Å². The fourth-order valence-electron chi connectivity index (χ4n) is 1.13. The van der Waals surface area contributed by atoms with Gasteiger partial charge in [-0.1, -0.05) is 13.2 Å². The molecule has 6 nitrogen and oxygen atoms in total. The number of hydrogen-bond donors (Lipinski definition) is 1. The van der Waals surface area contributed by atoms with Crippen molar-refractivity contribution in [3.05, 3.63) is 25.3 Å². The molecule has 1 N–H and O–H groups in total. The van der Waals surface area contributed by atoms with E-state index in [0.717, 1.165) is 0 Å². The van der Waals surface area contributed by atoms with Crippen molar-refractivity contribution < 1.29 is 9.59 Å². The molecule has 0 spiro atoms. The van der Waals surface area contributed by atoms with Crippen LogP contribution >= 0.6 is 0 Å². The van der Waals surface area contributed by atoms with E-state index in [1.807, 2.05) is 0 Å². The van der Waals surface area contributed by atoms with Crippen LogP contribution in [-0.2, 0) is 4.79 Å². The number of rotatable bonds is 3. The lowest BCUT2D eigenvalue weighted by molar-refractivity contribution is -0.121. The van der Waals surface area contributed by atoms with Gasteiger partial charge in [-0.3, -0.25) is 15.0 Å². The van der Waals surface area contributed by atoms with Crippen molar-refractivity contribution in [1.82, 2.24) is 10.2 Å². The van der Waals surface area contributed by atoms with Gasteiger partial charge in [0.15, 0.2) is 5.84 Å². The Balaban J connectivity index is 2.80. The second-order valence-corrected chi connectivity index (χ2v) is 2.92. The second kappa shape index (κ2) is 5.59. The van der Waals surface area contributed by atoms with Crippen LogP contribution in [0.15, 0.2) is 35.5 Å². The third-order valence-electron chi connectivity index (χ3n) is 1.85. The maximum atomic E-state index is 11.4. The van der Waals surface area contributed by atoms with E-state index >= 15 is 0 Å². The Hall–Kier alpha value is -2.24. The topological polar surface area (TPSA) is 74.1 Å². The molecule has 0 atom stereocenters. The highest BCUT2D eigenvalue weighted by atomic mass is 16.2. The maximum absolute atomic E-state index is 11.4. The average molecular weight is 220 g/mol. The Morgan fingerprint density at radius 3 is 2.75 bits per heavy atom. The summed E-state index contributed by atoms with van der Waals surface area (Å²) in [4.78, 5) is 23.7. The van der Waals surface area contributed by atoms with Crippen LogP contribution in [0.1, 0.15) is 6.42 Å². The summed E-state index contributed by atoms with van der Waals surface area (Å²) in [7, 11) is 0. The summed E-state index contributed by atoms with van der Waals surface area (Å²) in [5.74, 6) is 0.00218. The van der Waals surface area contributed by atoms with Crippen molar-refractivity contribution in [2.24, 2.45) is 10.2 Å². The van der Waals surface area contributed by atoms with Gasteiger partial charge >= 0.3 is 6.03 Å². The van der Waals surface area contributed by atoms with Crippen molar-refractivity contribution in [3.63, 3.8) is 0 Å². The van der Waals surface area contributed by atoms with Gasteiger partial charge in [0.05, 0.1) is 0 Å². The number of allylic oxidation sites excluding steroid dienone is 1. The highest BCUT2D eigenvalue weighted by Crippen LogP contribution is 2.03. The molecule has 84 valence electrons. The first kappa shape index (κ1) is 11.8. The van der Waals surface area contributed by atoms with Gasteiger partial charge in [-0.25, -0.2) is 4.79 Å². The highest BCUT2D eigenvalue weighted by molar-refractivity contribution is 6.09. The molecule has 1 fully saturated rings. The average Bonchev–Trinajstić information content (AvgIpc) is 2.26. The molecule has 0 aromatic rings. The van der Waals surface area contributed by atoms with Crippen molar-refractivity contribution in [1.29, 1.82) is 0 Å². The summed E-state index contributed by atoms with van der Waals surface area (Å²) in [6, 6.07) is -0.510. The van der Waals surface area contributed by atoms with Crippen LogP contribution in [0, 0.1) is 0 Å². The van der Waals surface area contributed by atoms with E-state index in [9.17, 15) is 9.59 Å². The Kier molecular flexibility index (Phi) is 4.14. The molecular formula is C10H12N4O2. The van der Waals surface area contributed by atoms with Crippen LogP contribution in [0.25, 0.3) is 0 Å². The van der Waals surface area contributed by atoms with Gasteiger partial charge in [0, 0.05) is 19.2 Å². The lowest BCUT2D eigenvalue weighted by Gasteiger charge is -2.25. The SMILES string of the molecule is C=C/C=N\N=C(/C=C)N1CCC(=O)NC1=O. The van der Waals surface area contributed by atoms with E-state index in [4.69, 9.17) is 0 Å². The predicted octanol–water partition coefficient (Wildman–Crippen LogP) is 0.685. The van der Waals surface area contributed by atoms with E-state index in [1.165, 1.54) is 23.3 Å². The van der Waals surface area contributed by atoms with Crippen molar-refractivity contribution in [2.75, 3.05) is 6.54 Å². The zero-order chi connectivity index (χ0) is 12.0. The number of hydrogen-bond acceptors (Lipinski definition) is 4. The molecule has 0 saturated carbocycles. The van der Waals surface area contributed by atoms with Gasteiger partial charge in [-0.05, 0) is 12.2 Å². The molecule has 0 radical (unpaired) electrons. The number of nitrogens with one attached hydrogen (secondary N) is 1. The molecule has 1 rings (SSSR count). The molecule has 3 amide bonds. The van der Waals surface area contributed by atoms with Gasteiger partial charge in [0.2, 0.25) is 5.91 Å². The first-order chi connectivity index (χ1) is 7.69. The number of carbonyl (C=O) groups excluding carboxylic acids is 2. The standard InChI is InChI=1S/C10H12N4O2/c1-3-6-11-13-8(4-2)14-7-5-9(15)12-10(14)16/h3-4,6H,1-2,5,7H2,(H,12,15,16)/b11-6-,13-8+. The Morgan fingerprint density at radius 2 is 2.19 bits per heavy atom. The smallest absolute Gasteiger partial charge is 0.278 e. The predicted molar refractivity (Wildman–Crippen MR) is 61.2 cm³/mol. The van der Waals surface area contributed by atoms with Crippen LogP contribution < -0.4 is 5.32 Å². The molecular weight excluding hydrogens is 208 g/mol. The fraction of sp³-hybridized carbons (Fsp3) is 0.200. The zero-order valence-electron chi connectivity index (χ0n) is 8.72. The summed E-state index contributed by atoms with van der Waals surface area (Å²) < 4.78 is 0. The maximum Gasteiger partial charge on any atom is 0.329 e. The summed E-state index contributed by atoms with van der Waals surface area (Å²) in [6.07, 6.45) is 4.49. The van der Waals surface area contributed by atoms with Crippen molar-refractivity contribution >= 4 is 24.0 Å². The largest absolute Gasteiger partial charge is 0.329 e. The molecule has 6 heteroatoms. The van der Waals surface area contributed by atoms with Gasteiger partial charge in [-0.2, -0.15) is 5.10 Å². The van der Waals surface area contributed by atoms with Crippen LogP contribution in [-0.4, -0.2) is 35.4 Å². The minimum absolute atomic E-state index is 0.240. The first-order valence-corrected chi connectivity index (χ1v) is 4.65. The van der Waals surface area contributed by atoms with Crippen molar-refractivity contribution in [3.8, 4) is 0 Å².